The molecule has 0 aliphatic carbocycles. The van der Waals surface area contributed by atoms with Crippen LogP contribution in [0.1, 0.15) is 18.1 Å². The number of ether oxygens (including phenoxy) is 1. The zero-order chi connectivity index (χ0) is 11.8. The second-order valence-corrected chi connectivity index (χ2v) is 3.67. The largest absolute Gasteiger partial charge is 0.466 e. The van der Waals surface area contributed by atoms with Crippen molar-refractivity contribution in [3.63, 3.8) is 0 Å². The van der Waals surface area contributed by atoms with Crippen molar-refractivity contribution in [3.05, 3.63) is 41.5 Å². The maximum Gasteiger partial charge on any atom is 0.310 e. The van der Waals surface area contributed by atoms with Crippen LogP contribution in [0, 0.1) is 0 Å². The number of hydrogen-bond donors (Lipinski definition) is 1. The van der Waals surface area contributed by atoms with Crippen LogP contribution in [-0.4, -0.2) is 18.3 Å². The first-order chi connectivity index (χ1) is 7.76. The summed E-state index contributed by atoms with van der Waals surface area (Å²) in [7, 11) is 0. The number of esters is 1. The lowest BCUT2D eigenvalue weighted by Crippen LogP contribution is -2.07. The molecule has 1 aromatic rings. The van der Waals surface area contributed by atoms with Crippen LogP contribution < -0.4 is 0 Å². The molecule has 0 aromatic heterocycles. The molecule has 0 N–H and O–H groups in total. The van der Waals surface area contributed by atoms with Crippen LogP contribution in [0.4, 0.5) is 0 Å². The summed E-state index contributed by atoms with van der Waals surface area (Å²) >= 11 is 4.09. The number of benzene rings is 1. The highest BCUT2D eigenvalue weighted by molar-refractivity contribution is 7.80. The van der Waals surface area contributed by atoms with Crippen LogP contribution in [-0.2, 0) is 16.0 Å². The smallest absolute Gasteiger partial charge is 0.310 e. The minimum atomic E-state index is -0.179. The Balaban J connectivity index is 2.57. The summed E-state index contributed by atoms with van der Waals surface area (Å²) in [6.45, 7) is 2.24. The van der Waals surface area contributed by atoms with E-state index in [1.807, 2.05) is 43.3 Å². The van der Waals surface area contributed by atoms with E-state index in [4.69, 9.17) is 4.74 Å². The van der Waals surface area contributed by atoms with E-state index in [9.17, 15) is 4.79 Å². The molecule has 1 rings (SSSR count). The predicted molar refractivity (Wildman–Crippen MR) is 69.7 cm³/mol. The van der Waals surface area contributed by atoms with E-state index in [0.717, 1.165) is 16.9 Å². The molecule has 0 aliphatic heterocycles. The van der Waals surface area contributed by atoms with Crippen molar-refractivity contribution in [2.24, 2.45) is 0 Å². The van der Waals surface area contributed by atoms with Gasteiger partial charge in [0.25, 0.3) is 0 Å². The molecular formula is C13H16O2S. The molecule has 2 nitrogen and oxygen atoms in total. The molecule has 0 fully saturated rings. The molecular weight excluding hydrogens is 220 g/mol. The fraction of sp³-hybridized carbons (Fsp3) is 0.308. The Morgan fingerprint density at radius 2 is 2.06 bits per heavy atom. The molecule has 0 atom stereocenters. The molecule has 0 unspecified atom stereocenters. The lowest BCUT2D eigenvalue weighted by Gasteiger charge is -2.02. The Kier molecular flexibility index (Phi) is 5.72. The molecule has 86 valence electrons. The van der Waals surface area contributed by atoms with Gasteiger partial charge in [-0.1, -0.05) is 36.4 Å². The normalized spacial score (nSPS) is 10.6. The summed E-state index contributed by atoms with van der Waals surface area (Å²) in [4.78, 5) is 11.2. The van der Waals surface area contributed by atoms with Crippen LogP contribution in [0.5, 0.6) is 0 Å². The van der Waals surface area contributed by atoms with E-state index in [0.29, 0.717) is 13.0 Å². The predicted octanol–water partition coefficient (Wildman–Crippen LogP) is 2.74. The third kappa shape index (κ3) is 4.53. The average molecular weight is 236 g/mol. The first kappa shape index (κ1) is 12.8. The summed E-state index contributed by atoms with van der Waals surface area (Å²) in [6, 6.07) is 7.84. The monoisotopic (exact) mass is 236 g/mol. The first-order valence-corrected chi connectivity index (χ1v) is 5.91. The SMILES string of the molecule is CCOC(=O)Cc1ccc(C=CCS)cc1. The summed E-state index contributed by atoms with van der Waals surface area (Å²) in [6.07, 6.45) is 4.31. The molecule has 0 aliphatic rings. The molecule has 3 heteroatoms. The lowest BCUT2D eigenvalue weighted by molar-refractivity contribution is -0.142. The molecule has 0 saturated carbocycles. The number of carbonyl (C=O) groups is 1. The highest BCUT2D eigenvalue weighted by Crippen LogP contribution is 2.07. The summed E-state index contributed by atoms with van der Waals surface area (Å²) in [5.41, 5.74) is 2.09. The van der Waals surface area contributed by atoms with E-state index in [1.54, 1.807) is 0 Å². The summed E-state index contributed by atoms with van der Waals surface area (Å²) < 4.78 is 4.88. The third-order valence-corrected chi connectivity index (χ3v) is 2.26. The average Bonchev–Trinajstić information content (AvgIpc) is 2.28. The van der Waals surface area contributed by atoms with Crippen LogP contribution in [0.15, 0.2) is 30.3 Å². The van der Waals surface area contributed by atoms with Gasteiger partial charge >= 0.3 is 5.97 Å². The molecule has 1 aromatic carbocycles. The zero-order valence-electron chi connectivity index (χ0n) is 9.35. The number of thiol groups is 1. The topological polar surface area (TPSA) is 26.3 Å². The highest BCUT2D eigenvalue weighted by Gasteiger charge is 2.02. The molecule has 16 heavy (non-hydrogen) atoms. The minimum Gasteiger partial charge on any atom is -0.466 e. The maximum atomic E-state index is 11.2. The fourth-order valence-corrected chi connectivity index (χ4v) is 1.42. The molecule has 0 bridgehead atoms. The summed E-state index contributed by atoms with van der Waals surface area (Å²) in [5, 5.41) is 0. The van der Waals surface area contributed by atoms with Crippen molar-refractivity contribution < 1.29 is 9.53 Å². The van der Waals surface area contributed by atoms with Crippen molar-refractivity contribution in [1.82, 2.24) is 0 Å². The van der Waals surface area contributed by atoms with Gasteiger partial charge in [-0.05, 0) is 18.1 Å². The van der Waals surface area contributed by atoms with E-state index >= 15 is 0 Å². The van der Waals surface area contributed by atoms with Crippen molar-refractivity contribution >= 4 is 24.7 Å². The van der Waals surface area contributed by atoms with Gasteiger partial charge in [0.2, 0.25) is 0 Å². The van der Waals surface area contributed by atoms with Crippen molar-refractivity contribution in [3.8, 4) is 0 Å². The van der Waals surface area contributed by atoms with Gasteiger partial charge in [-0.3, -0.25) is 4.79 Å². The second-order valence-electron chi connectivity index (χ2n) is 3.31. The van der Waals surface area contributed by atoms with E-state index in [-0.39, 0.29) is 5.97 Å². The van der Waals surface area contributed by atoms with Gasteiger partial charge in [-0.25, -0.2) is 0 Å². The van der Waals surface area contributed by atoms with Crippen LogP contribution in [0.2, 0.25) is 0 Å². The zero-order valence-corrected chi connectivity index (χ0v) is 10.2. The van der Waals surface area contributed by atoms with Gasteiger partial charge in [-0.2, -0.15) is 12.6 Å². The number of carbonyl (C=O) groups excluding carboxylic acids is 1. The number of hydrogen-bond acceptors (Lipinski definition) is 3. The first-order valence-electron chi connectivity index (χ1n) is 5.28. The minimum absolute atomic E-state index is 0.179. The van der Waals surface area contributed by atoms with Gasteiger partial charge in [-0.15, -0.1) is 0 Å². The second kappa shape index (κ2) is 7.12. The van der Waals surface area contributed by atoms with E-state index in [2.05, 4.69) is 12.6 Å². The van der Waals surface area contributed by atoms with E-state index < -0.39 is 0 Å². The lowest BCUT2D eigenvalue weighted by atomic mass is 10.1. The third-order valence-electron chi connectivity index (χ3n) is 2.05. The van der Waals surface area contributed by atoms with Crippen LogP contribution in [0.3, 0.4) is 0 Å². The fourth-order valence-electron chi connectivity index (χ4n) is 1.31. The van der Waals surface area contributed by atoms with Gasteiger partial charge in [0, 0.05) is 5.75 Å². The van der Waals surface area contributed by atoms with Crippen LogP contribution >= 0.6 is 12.6 Å². The quantitative estimate of drug-likeness (QED) is 0.628. The van der Waals surface area contributed by atoms with Crippen molar-refractivity contribution in [2.75, 3.05) is 12.4 Å². The van der Waals surface area contributed by atoms with Crippen molar-refractivity contribution in [2.45, 2.75) is 13.3 Å². The molecule has 0 amide bonds. The maximum absolute atomic E-state index is 11.2. The highest BCUT2D eigenvalue weighted by atomic mass is 32.1. The Morgan fingerprint density at radius 1 is 1.38 bits per heavy atom. The molecule has 0 radical (unpaired) electrons. The summed E-state index contributed by atoms with van der Waals surface area (Å²) in [5.74, 6) is 0.547. The van der Waals surface area contributed by atoms with Crippen molar-refractivity contribution in [1.29, 1.82) is 0 Å². The number of rotatable bonds is 5. The Bertz CT molecular complexity index is 355. The van der Waals surface area contributed by atoms with Crippen LogP contribution in [0.25, 0.3) is 6.08 Å². The van der Waals surface area contributed by atoms with E-state index in [1.165, 1.54) is 0 Å². The standard InChI is InChI=1S/C13H16O2S/c1-2-15-13(14)10-12-7-5-11(6-8-12)4-3-9-16/h3-8,16H,2,9-10H2,1H3. The van der Waals surface area contributed by atoms with Gasteiger partial charge in [0.1, 0.15) is 0 Å². The Hall–Kier alpha value is -1.22. The van der Waals surface area contributed by atoms with Gasteiger partial charge < -0.3 is 4.74 Å². The Labute approximate surface area is 102 Å². The van der Waals surface area contributed by atoms with Gasteiger partial charge in [0.05, 0.1) is 13.0 Å². The molecule has 0 heterocycles. The molecule has 0 saturated heterocycles. The Morgan fingerprint density at radius 3 is 2.62 bits per heavy atom. The molecule has 0 spiro atoms. The van der Waals surface area contributed by atoms with Gasteiger partial charge in [0.15, 0.2) is 0 Å².